The Bertz CT molecular complexity index is 2320. The second-order valence-corrected chi connectivity index (χ2v) is 11.2. The normalized spacial score (nSPS) is 19.6. The van der Waals surface area contributed by atoms with Gasteiger partial charge in [0, 0.05) is 12.0 Å². The third kappa shape index (κ3) is 3.70. The Hall–Kier alpha value is -5.23. The van der Waals surface area contributed by atoms with Crippen LogP contribution >= 0.6 is 0 Å². The minimum atomic E-state index is -0.776. The van der Waals surface area contributed by atoms with Crippen LogP contribution in [0.25, 0.3) is 54.5 Å². The zero-order chi connectivity index (χ0) is 29.4. The maximum Gasteiger partial charge on any atom is 0.167 e. The van der Waals surface area contributed by atoms with Crippen molar-refractivity contribution in [2.45, 2.75) is 31.0 Å². The van der Waals surface area contributed by atoms with E-state index in [-0.39, 0.29) is 6.61 Å². The highest BCUT2D eigenvalue weighted by Crippen LogP contribution is 2.39. The Morgan fingerprint density at radius 1 is 0.886 bits per heavy atom. The molecule has 4 heterocycles. The molecule has 9 rings (SSSR count). The molecule has 216 valence electrons. The van der Waals surface area contributed by atoms with E-state index in [1.54, 1.807) is 10.9 Å². The van der Waals surface area contributed by atoms with Gasteiger partial charge in [-0.1, -0.05) is 71.9 Å². The molecule has 0 bridgehead atoms. The summed E-state index contributed by atoms with van der Waals surface area (Å²) in [5, 5.41) is 39.7. The fourth-order valence-corrected chi connectivity index (χ4v) is 6.69. The molecule has 11 nitrogen and oxygen atoms in total. The number of aromatic nitrogens is 7. The molecule has 0 radical (unpaired) electrons. The first kappa shape index (κ1) is 25.3. The van der Waals surface area contributed by atoms with Crippen molar-refractivity contribution in [1.29, 1.82) is 0 Å². The molecule has 8 aromatic rings. The first-order chi connectivity index (χ1) is 21.7. The van der Waals surface area contributed by atoms with Gasteiger partial charge in [0.15, 0.2) is 23.1 Å². The first-order valence-electron chi connectivity index (χ1n) is 14.5. The number of benzene rings is 5. The number of nitrogens with one attached hydrogen (secondary N) is 1. The van der Waals surface area contributed by atoms with Gasteiger partial charge in [-0.2, -0.15) is 0 Å². The first-order valence-corrected chi connectivity index (χ1v) is 14.5. The fourth-order valence-electron chi connectivity index (χ4n) is 6.69. The second-order valence-electron chi connectivity index (χ2n) is 11.2. The van der Waals surface area contributed by atoms with Gasteiger partial charge in [0.05, 0.1) is 24.6 Å². The van der Waals surface area contributed by atoms with E-state index in [2.05, 4.69) is 85.2 Å². The molecular weight excluding hydrogens is 556 g/mol. The smallest absolute Gasteiger partial charge is 0.167 e. The highest BCUT2D eigenvalue weighted by molar-refractivity contribution is 6.23. The van der Waals surface area contributed by atoms with Crippen molar-refractivity contribution < 1.29 is 14.9 Å². The molecule has 4 atom stereocenters. The fraction of sp³-hybridized carbons (Fsp3) is 0.182. The molecule has 1 aliphatic rings. The third-order valence-corrected chi connectivity index (χ3v) is 8.81. The molecular formula is C33H26N8O3. The van der Waals surface area contributed by atoms with Crippen LogP contribution in [0.2, 0.25) is 0 Å². The van der Waals surface area contributed by atoms with Gasteiger partial charge in [0.25, 0.3) is 0 Å². The number of aliphatic hydroxyl groups is 2. The molecule has 0 spiro atoms. The van der Waals surface area contributed by atoms with E-state index in [1.807, 2.05) is 28.9 Å². The van der Waals surface area contributed by atoms with Gasteiger partial charge >= 0.3 is 0 Å². The molecule has 11 heteroatoms. The van der Waals surface area contributed by atoms with Crippen molar-refractivity contribution in [2.24, 2.45) is 0 Å². The summed E-state index contributed by atoms with van der Waals surface area (Å²) in [7, 11) is 0. The zero-order valence-corrected chi connectivity index (χ0v) is 23.3. The van der Waals surface area contributed by atoms with Crippen LogP contribution in [0, 0.1) is 0 Å². The molecule has 1 saturated heterocycles. The monoisotopic (exact) mass is 582 g/mol. The molecule has 1 aliphatic heterocycles. The van der Waals surface area contributed by atoms with Gasteiger partial charge in [0.2, 0.25) is 0 Å². The molecule has 1 fully saturated rings. The summed E-state index contributed by atoms with van der Waals surface area (Å²) < 4.78 is 9.56. The Labute approximate surface area is 249 Å². The topological polar surface area (TPSA) is 136 Å². The van der Waals surface area contributed by atoms with E-state index in [0.29, 0.717) is 23.4 Å². The molecule has 5 aromatic carbocycles. The molecule has 3 N–H and O–H groups in total. The van der Waals surface area contributed by atoms with Gasteiger partial charge < -0.3 is 20.3 Å². The quantitative estimate of drug-likeness (QED) is 0.237. The molecule has 3 aromatic heterocycles. The number of aliphatic hydroxyl groups excluding tert-OH is 2. The van der Waals surface area contributed by atoms with Crippen molar-refractivity contribution in [3.05, 3.63) is 97.1 Å². The van der Waals surface area contributed by atoms with Crippen LogP contribution in [0.4, 0.5) is 5.82 Å². The van der Waals surface area contributed by atoms with E-state index in [1.165, 1.54) is 33.3 Å². The number of rotatable bonds is 6. The summed E-state index contributed by atoms with van der Waals surface area (Å²) in [4.78, 5) is 13.8. The van der Waals surface area contributed by atoms with Crippen LogP contribution in [0.1, 0.15) is 24.4 Å². The van der Waals surface area contributed by atoms with Crippen LogP contribution in [0.5, 0.6) is 0 Å². The molecule has 0 amide bonds. The maximum absolute atomic E-state index is 10.3. The molecule has 0 saturated carbocycles. The number of hydrogen-bond acceptors (Lipinski definition) is 9. The van der Waals surface area contributed by atoms with Gasteiger partial charge in [-0.05, 0) is 44.5 Å². The highest BCUT2D eigenvalue weighted by Gasteiger charge is 2.35. The Kier molecular flexibility index (Phi) is 5.54. The van der Waals surface area contributed by atoms with Crippen molar-refractivity contribution in [1.82, 2.24) is 34.5 Å². The van der Waals surface area contributed by atoms with E-state index in [9.17, 15) is 10.2 Å². The van der Waals surface area contributed by atoms with E-state index < -0.39 is 24.6 Å². The van der Waals surface area contributed by atoms with E-state index in [4.69, 9.17) is 4.74 Å². The summed E-state index contributed by atoms with van der Waals surface area (Å²) in [6.07, 6.45) is 0.995. The van der Waals surface area contributed by atoms with Crippen molar-refractivity contribution in [3.8, 4) is 0 Å². The van der Waals surface area contributed by atoms with Gasteiger partial charge in [-0.15, -0.1) is 5.10 Å². The van der Waals surface area contributed by atoms with E-state index >= 15 is 0 Å². The Morgan fingerprint density at radius 2 is 1.68 bits per heavy atom. The lowest BCUT2D eigenvalue weighted by atomic mass is 9.91. The summed E-state index contributed by atoms with van der Waals surface area (Å²) >= 11 is 0. The Balaban J connectivity index is 1.23. The predicted octanol–water partition coefficient (Wildman–Crippen LogP) is 4.77. The second kappa shape index (κ2) is 9.64. The van der Waals surface area contributed by atoms with Gasteiger partial charge in [-0.25, -0.2) is 19.6 Å². The van der Waals surface area contributed by atoms with Gasteiger partial charge in [0.1, 0.15) is 24.2 Å². The van der Waals surface area contributed by atoms with Crippen molar-refractivity contribution in [2.75, 3.05) is 11.9 Å². The number of anilines is 1. The lowest BCUT2D eigenvalue weighted by Crippen LogP contribution is -2.24. The van der Waals surface area contributed by atoms with Gasteiger partial charge in [-0.3, -0.25) is 4.57 Å². The number of ether oxygens (including phenoxy) is 1. The summed E-state index contributed by atoms with van der Waals surface area (Å²) in [5.74, 6) is 0.515. The zero-order valence-electron chi connectivity index (χ0n) is 23.3. The van der Waals surface area contributed by atoms with E-state index in [0.717, 1.165) is 22.0 Å². The number of fused-ring (bicyclic) bond motifs is 2. The van der Waals surface area contributed by atoms with Crippen molar-refractivity contribution >= 4 is 60.3 Å². The molecule has 44 heavy (non-hydrogen) atoms. The SMILES string of the molecule is OC[C@H]1O[C@@H](n2cnc3c(NC(c4ccc5ccc6cccc7ccc4c5c67)n4nnc5ccccc54)ncnc32)C[C@@H]1O. The van der Waals surface area contributed by atoms with Crippen LogP contribution in [0.15, 0.2) is 91.5 Å². The maximum atomic E-state index is 10.3. The lowest BCUT2D eigenvalue weighted by Gasteiger charge is -2.23. The highest BCUT2D eigenvalue weighted by atomic mass is 16.5. The molecule has 1 unspecified atom stereocenters. The third-order valence-electron chi connectivity index (χ3n) is 8.81. The summed E-state index contributed by atoms with van der Waals surface area (Å²) in [6.45, 7) is -0.265. The standard InChI is InChI=1S/C33H26N8O3/c42-15-26-25(43)14-27(44-26)40-17-36-30-31(34-16-35-33(30)40)37-32(41-24-7-2-1-6-23(24)38-39-41)22-13-11-20-9-8-18-4-3-5-19-10-12-21(22)29(20)28(18)19/h1-13,16-17,25-27,32,42-43H,14-15H2,(H,34,35,37)/t25-,26+,27+,32?/m0/s1. The lowest BCUT2D eigenvalue weighted by molar-refractivity contribution is -0.0432. The number of hydrogen-bond donors (Lipinski definition) is 3. The largest absolute Gasteiger partial charge is 0.394 e. The minimum Gasteiger partial charge on any atom is -0.394 e. The number of para-hydroxylation sites is 1. The summed E-state index contributed by atoms with van der Waals surface area (Å²) in [6, 6.07) is 27.3. The molecule has 0 aliphatic carbocycles. The average Bonchev–Trinajstić information content (AvgIpc) is 3.79. The van der Waals surface area contributed by atoms with Crippen molar-refractivity contribution in [3.63, 3.8) is 0 Å². The number of nitrogens with zero attached hydrogens (tertiary/aromatic N) is 7. The minimum absolute atomic E-state index is 0.265. The average molecular weight is 583 g/mol. The van der Waals surface area contributed by atoms with Crippen LogP contribution < -0.4 is 5.32 Å². The summed E-state index contributed by atoms with van der Waals surface area (Å²) in [5.41, 5.74) is 3.76. The van der Waals surface area contributed by atoms with Crippen LogP contribution in [0.3, 0.4) is 0 Å². The number of imidazole rings is 1. The Morgan fingerprint density at radius 3 is 2.52 bits per heavy atom. The van der Waals surface area contributed by atoms with Crippen LogP contribution in [-0.4, -0.2) is 63.5 Å². The predicted molar refractivity (Wildman–Crippen MR) is 166 cm³/mol. The van der Waals surface area contributed by atoms with Crippen LogP contribution in [-0.2, 0) is 4.74 Å².